The molecule has 0 aromatic heterocycles. The van der Waals surface area contributed by atoms with Crippen molar-refractivity contribution in [2.24, 2.45) is 17.8 Å². The van der Waals surface area contributed by atoms with Gasteiger partial charge in [0.15, 0.2) is 0 Å². The van der Waals surface area contributed by atoms with E-state index in [1.54, 1.807) is 0 Å². The Bertz CT molecular complexity index is 229. The van der Waals surface area contributed by atoms with Crippen molar-refractivity contribution < 1.29 is 4.79 Å². The Morgan fingerprint density at radius 1 is 1.27 bits per heavy atom. The average Bonchev–Trinajstić information content (AvgIpc) is 2.50. The van der Waals surface area contributed by atoms with Crippen LogP contribution in [-0.2, 0) is 4.79 Å². The zero-order valence-corrected chi connectivity index (χ0v) is 10.0. The highest BCUT2D eigenvalue weighted by atomic mass is 16.1. The molecule has 2 nitrogen and oxygen atoms in total. The van der Waals surface area contributed by atoms with Crippen molar-refractivity contribution in [2.45, 2.75) is 39.5 Å². The Morgan fingerprint density at radius 2 is 1.93 bits per heavy atom. The summed E-state index contributed by atoms with van der Waals surface area (Å²) in [7, 11) is 0. The molecule has 0 radical (unpaired) electrons. The van der Waals surface area contributed by atoms with Gasteiger partial charge in [0.05, 0.1) is 0 Å². The minimum atomic E-state index is 0.363. The second-order valence-electron chi connectivity index (χ2n) is 5.72. The maximum absolute atomic E-state index is 11.6. The molecule has 0 spiro atoms. The van der Waals surface area contributed by atoms with E-state index in [-0.39, 0.29) is 0 Å². The summed E-state index contributed by atoms with van der Waals surface area (Å²) >= 11 is 0. The van der Waals surface area contributed by atoms with Gasteiger partial charge in [0, 0.05) is 32.0 Å². The van der Waals surface area contributed by atoms with Gasteiger partial charge in [-0.15, -0.1) is 0 Å². The number of piperidine rings is 1. The molecular weight excluding hydrogens is 186 g/mol. The minimum absolute atomic E-state index is 0.363. The van der Waals surface area contributed by atoms with Crippen molar-refractivity contribution in [2.75, 3.05) is 19.6 Å². The number of Topliss-reactive ketones (excluding diaryl/α,β-unsaturated/α-hetero) is 1. The summed E-state index contributed by atoms with van der Waals surface area (Å²) in [6.45, 7) is 8.11. The monoisotopic (exact) mass is 209 g/mol. The van der Waals surface area contributed by atoms with Crippen molar-refractivity contribution in [1.82, 2.24) is 4.90 Å². The number of ketones is 1. The van der Waals surface area contributed by atoms with E-state index in [0.717, 1.165) is 37.6 Å². The quantitative estimate of drug-likeness (QED) is 0.695. The average molecular weight is 209 g/mol. The summed E-state index contributed by atoms with van der Waals surface area (Å²) in [4.78, 5) is 14.1. The van der Waals surface area contributed by atoms with Crippen LogP contribution < -0.4 is 0 Å². The molecule has 1 aliphatic heterocycles. The van der Waals surface area contributed by atoms with Crippen LogP contribution in [0.5, 0.6) is 0 Å². The maximum atomic E-state index is 11.6. The van der Waals surface area contributed by atoms with E-state index in [0.29, 0.717) is 11.7 Å². The molecule has 1 aliphatic carbocycles. The van der Waals surface area contributed by atoms with E-state index in [9.17, 15) is 4.79 Å². The van der Waals surface area contributed by atoms with Crippen molar-refractivity contribution >= 4 is 5.78 Å². The van der Waals surface area contributed by atoms with Crippen LogP contribution in [0.4, 0.5) is 0 Å². The topological polar surface area (TPSA) is 20.3 Å². The van der Waals surface area contributed by atoms with Crippen LogP contribution in [0.1, 0.15) is 39.5 Å². The van der Waals surface area contributed by atoms with Gasteiger partial charge < -0.3 is 4.90 Å². The Hall–Kier alpha value is -0.370. The number of nitrogens with zero attached hydrogens (tertiary/aromatic N) is 1. The van der Waals surface area contributed by atoms with Crippen LogP contribution in [0.2, 0.25) is 0 Å². The highest BCUT2D eigenvalue weighted by molar-refractivity contribution is 5.83. The van der Waals surface area contributed by atoms with E-state index in [1.807, 2.05) is 0 Å². The standard InChI is InChI=1S/C13H23NO/c1-10-6-11(2)8-14(7-10)9-12-4-3-5-13(12)15/h10-12H,3-9H2,1-2H3. The summed E-state index contributed by atoms with van der Waals surface area (Å²) in [6, 6.07) is 0. The predicted octanol–water partition coefficient (Wildman–Crippen LogP) is 2.33. The smallest absolute Gasteiger partial charge is 0.137 e. The Kier molecular flexibility index (Phi) is 3.45. The van der Waals surface area contributed by atoms with Crippen molar-refractivity contribution in [3.8, 4) is 0 Å². The van der Waals surface area contributed by atoms with E-state index >= 15 is 0 Å². The molecule has 86 valence electrons. The Morgan fingerprint density at radius 3 is 2.47 bits per heavy atom. The van der Waals surface area contributed by atoms with Gasteiger partial charge in [-0.25, -0.2) is 0 Å². The number of rotatable bonds is 2. The van der Waals surface area contributed by atoms with E-state index in [4.69, 9.17) is 0 Å². The summed E-state index contributed by atoms with van der Waals surface area (Å²) in [6.07, 6.45) is 4.46. The molecule has 0 bridgehead atoms. The molecule has 0 aromatic rings. The van der Waals surface area contributed by atoms with Crippen LogP contribution in [0.3, 0.4) is 0 Å². The Labute approximate surface area is 93.0 Å². The first-order chi connectivity index (χ1) is 7.15. The van der Waals surface area contributed by atoms with Gasteiger partial charge in [0.1, 0.15) is 5.78 Å². The van der Waals surface area contributed by atoms with Gasteiger partial charge in [-0.2, -0.15) is 0 Å². The van der Waals surface area contributed by atoms with E-state index < -0.39 is 0 Å². The highest BCUT2D eigenvalue weighted by Gasteiger charge is 2.29. The molecular formula is C13H23NO. The molecule has 3 unspecified atom stereocenters. The molecule has 2 aliphatic rings. The Balaban J connectivity index is 1.85. The molecule has 1 saturated heterocycles. The fraction of sp³-hybridized carbons (Fsp3) is 0.923. The molecule has 2 fully saturated rings. The zero-order chi connectivity index (χ0) is 10.8. The van der Waals surface area contributed by atoms with E-state index in [1.165, 1.54) is 19.5 Å². The lowest BCUT2D eigenvalue weighted by atomic mass is 9.91. The fourth-order valence-corrected chi connectivity index (χ4v) is 3.33. The lowest BCUT2D eigenvalue weighted by Crippen LogP contribution is -2.41. The SMILES string of the molecule is CC1CC(C)CN(CC2CCCC2=O)C1. The normalized spacial score (nSPS) is 38.5. The summed E-state index contributed by atoms with van der Waals surface area (Å²) < 4.78 is 0. The predicted molar refractivity (Wildman–Crippen MR) is 61.7 cm³/mol. The molecule has 2 heteroatoms. The van der Waals surface area contributed by atoms with Crippen LogP contribution in [0.25, 0.3) is 0 Å². The van der Waals surface area contributed by atoms with Gasteiger partial charge in [-0.05, 0) is 31.1 Å². The number of likely N-dealkylation sites (tertiary alicyclic amines) is 1. The van der Waals surface area contributed by atoms with Crippen LogP contribution >= 0.6 is 0 Å². The fourth-order valence-electron chi connectivity index (χ4n) is 3.33. The van der Waals surface area contributed by atoms with Gasteiger partial charge >= 0.3 is 0 Å². The van der Waals surface area contributed by atoms with Gasteiger partial charge in [-0.1, -0.05) is 13.8 Å². The number of hydrogen-bond acceptors (Lipinski definition) is 2. The molecule has 15 heavy (non-hydrogen) atoms. The highest BCUT2D eigenvalue weighted by Crippen LogP contribution is 2.26. The third-order valence-corrected chi connectivity index (χ3v) is 3.85. The van der Waals surface area contributed by atoms with Crippen LogP contribution in [-0.4, -0.2) is 30.3 Å². The van der Waals surface area contributed by atoms with E-state index in [2.05, 4.69) is 18.7 Å². The third-order valence-electron chi connectivity index (χ3n) is 3.85. The number of carbonyl (C=O) groups excluding carboxylic acids is 1. The first-order valence-electron chi connectivity index (χ1n) is 6.40. The van der Waals surface area contributed by atoms with Crippen LogP contribution in [0, 0.1) is 17.8 Å². The third kappa shape index (κ3) is 2.81. The maximum Gasteiger partial charge on any atom is 0.137 e. The lowest BCUT2D eigenvalue weighted by molar-refractivity contribution is -0.121. The van der Waals surface area contributed by atoms with Crippen LogP contribution in [0.15, 0.2) is 0 Å². The van der Waals surface area contributed by atoms with Gasteiger partial charge in [0.25, 0.3) is 0 Å². The summed E-state index contributed by atoms with van der Waals surface area (Å²) in [5.74, 6) is 2.50. The summed E-state index contributed by atoms with van der Waals surface area (Å²) in [5, 5.41) is 0. The van der Waals surface area contributed by atoms with Gasteiger partial charge in [-0.3, -0.25) is 4.79 Å². The molecule has 2 rings (SSSR count). The lowest BCUT2D eigenvalue weighted by Gasteiger charge is -2.36. The molecule has 0 aromatic carbocycles. The second kappa shape index (κ2) is 4.65. The van der Waals surface area contributed by atoms with Crippen molar-refractivity contribution in [1.29, 1.82) is 0 Å². The zero-order valence-electron chi connectivity index (χ0n) is 10.0. The first kappa shape index (κ1) is 11.1. The van der Waals surface area contributed by atoms with Crippen molar-refractivity contribution in [3.63, 3.8) is 0 Å². The minimum Gasteiger partial charge on any atom is -0.302 e. The molecule has 1 saturated carbocycles. The first-order valence-corrected chi connectivity index (χ1v) is 6.40. The number of carbonyl (C=O) groups is 1. The molecule has 0 amide bonds. The second-order valence-corrected chi connectivity index (χ2v) is 5.72. The largest absolute Gasteiger partial charge is 0.302 e. The molecule has 3 atom stereocenters. The number of hydrogen-bond donors (Lipinski definition) is 0. The van der Waals surface area contributed by atoms with Crippen molar-refractivity contribution in [3.05, 3.63) is 0 Å². The molecule has 1 heterocycles. The summed E-state index contributed by atoms with van der Waals surface area (Å²) in [5.41, 5.74) is 0. The van der Waals surface area contributed by atoms with Gasteiger partial charge in [0.2, 0.25) is 0 Å². The molecule has 0 N–H and O–H groups in total.